The molecule has 1 saturated heterocycles. The summed E-state index contributed by atoms with van der Waals surface area (Å²) < 4.78 is 20.4. The number of carbonyl (C=O) groups is 2. The topological polar surface area (TPSA) is 142 Å². The second kappa shape index (κ2) is 10.7. The van der Waals surface area contributed by atoms with Gasteiger partial charge in [-0.3, -0.25) is 14.7 Å². The van der Waals surface area contributed by atoms with Crippen LogP contribution in [0.1, 0.15) is 69.5 Å². The van der Waals surface area contributed by atoms with Gasteiger partial charge in [-0.2, -0.15) is 10.1 Å². The van der Waals surface area contributed by atoms with Crippen molar-refractivity contribution < 1.29 is 18.5 Å². The van der Waals surface area contributed by atoms with Crippen LogP contribution in [0.15, 0.2) is 35.0 Å². The molecule has 5 rings (SSSR count). The van der Waals surface area contributed by atoms with Crippen LogP contribution < -0.4 is 10.6 Å². The minimum atomic E-state index is -0.548. The average molecular weight is 549 g/mol. The van der Waals surface area contributed by atoms with E-state index in [-0.39, 0.29) is 35.8 Å². The highest BCUT2D eigenvalue weighted by Crippen LogP contribution is 2.33. The van der Waals surface area contributed by atoms with Crippen LogP contribution in [0, 0.1) is 5.82 Å². The molecule has 3 N–H and O–H groups in total. The molecule has 0 bridgehead atoms. The van der Waals surface area contributed by atoms with Gasteiger partial charge < -0.3 is 20.1 Å². The van der Waals surface area contributed by atoms with Gasteiger partial charge in [0, 0.05) is 49.3 Å². The Morgan fingerprint density at radius 2 is 2.02 bits per heavy atom. The van der Waals surface area contributed by atoms with Gasteiger partial charge >= 0.3 is 0 Å². The minimum absolute atomic E-state index is 0.0288. The van der Waals surface area contributed by atoms with Crippen molar-refractivity contribution in [3.63, 3.8) is 0 Å². The van der Waals surface area contributed by atoms with Gasteiger partial charge in [-0.25, -0.2) is 9.37 Å². The summed E-state index contributed by atoms with van der Waals surface area (Å²) in [5, 5.41) is 18.0. The Labute approximate surface area is 230 Å². The fraction of sp³-hybridized carbons (Fsp3) is 0.429. The summed E-state index contributed by atoms with van der Waals surface area (Å²) in [6.07, 6.45) is 3.42. The zero-order valence-electron chi connectivity index (χ0n) is 23.2. The van der Waals surface area contributed by atoms with E-state index in [9.17, 15) is 9.59 Å². The number of H-pyrrole nitrogens is 1. The molecule has 0 radical (unpaired) electrons. The Morgan fingerprint density at radius 3 is 2.73 bits per heavy atom. The smallest absolute Gasteiger partial charge is 0.292 e. The number of anilines is 1. The van der Waals surface area contributed by atoms with Crippen molar-refractivity contribution in [3.05, 3.63) is 53.6 Å². The fourth-order valence-electron chi connectivity index (χ4n) is 4.89. The number of nitrogens with zero attached hydrogens (tertiary/aromatic N) is 5. The van der Waals surface area contributed by atoms with E-state index in [1.807, 2.05) is 31.7 Å². The maximum atomic E-state index is 15.2. The first-order chi connectivity index (χ1) is 19.0. The van der Waals surface area contributed by atoms with Gasteiger partial charge in [-0.05, 0) is 43.0 Å². The SMILES string of the molecule is CC(=O)N1C[C@H](Nc2n[nH]c3nccc(-c4ccc(CNC(=O)c5noc(C(C)(C)C)n5)c(F)c4)c23)CC[C@@H]1C. The van der Waals surface area contributed by atoms with E-state index in [1.165, 1.54) is 6.07 Å². The Balaban J connectivity index is 1.33. The summed E-state index contributed by atoms with van der Waals surface area (Å²) in [5.41, 5.74) is 1.89. The molecule has 11 nitrogen and oxygen atoms in total. The molecule has 0 unspecified atom stereocenters. The van der Waals surface area contributed by atoms with E-state index < -0.39 is 11.7 Å². The number of halogens is 1. The molecule has 1 aliphatic rings. The van der Waals surface area contributed by atoms with Crippen molar-refractivity contribution in [2.75, 3.05) is 11.9 Å². The van der Waals surface area contributed by atoms with E-state index in [2.05, 4.69) is 42.9 Å². The number of aromatic nitrogens is 5. The summed E-state index contributed by atoms with van der Waals surface area (Å²) in [6, 6.07) is 6.90. The van der Waals surface area contributed by atoms with E-state index in [4.69, 9.17) is 4.52 Å². The van der Waals surface area contributed by atoms with Crippen molar-refractivity contribution in [2.24, 2.45) is 0 Å². The quantitative estimate of drug-likeness (QED) is 0.326. The second-order valence-electron chi connectivity index (χ2n) is 11.3. The first-order valence-electron chi connectivity index (χ1n) is 13.3. The highest BCUT2D eigenvalue weighted by atomic mass is 19.1. The molecular weight excluding hydrogens is 515 g/mol. The second-order valence-corrected chi connectivity index (χ2v) is 11.3. The number of benzene rings is 1. The molecule has 1 aliphatic heterocycles. The lowest BCUT2D eigenvalue weighted by Crippen LogP contribution is -2.48. The van der Waals surface area contributed by atoms with Crippen LogP contribution in [0.3, 0.4) is 0 Å². The van der Waals surface area contributed by atoms with Crippen molar-refractivity contribution in [3.8, 4) is 11.1 Å². The lowest BCUT2D eigenvalue weighted by Gasteiger charge is -2.37. The number of amides is 2. The summed E-state index contributed by atoms with van der Waals surface area (Å²) in [4.78, 5) is 34.9. The normalized spacial score (nSPS) is 17.7. The van der Waals surface area contributed by atoms with Gasteiger partial charge in [-0.1, -0.05) is 38.1 Å². The Hall–Kier alpha value is -4.35. The average Bonchev–Trinajstić information content (AvgIpc) is 3.57. The lowest BCUT2D eigenvalue weighted by molar-refractivity contribution is -0.132. The van der Waals surface area contributed by atoms with Crippen LogP contribution in [0.5, 0.6) is 0 Å². The first-order valence-corrected chi connectivity index (χ1v) is 13.3. The maximum Gasteiger partial charge on any atom is 0.292 e. The molecule has 1 aromatic carbocycles. The number of fused-ring (bicyclic) bond motifs is 1. The number of rotatable bonds is 6. The number of nitrogens with one attached hydrogen (secondary N) is 3. The van der Waals surface area contributed by atoms with E-state index in [0.29, 0.717) is 35.0 Å². The molecule has 2 amide bonds. The Bertz CT molecular complexity index is 1560. The van der Waals surface area contributed by atoms with Crippen LogP contribution in [0.4, 0.5) is 10.2 Å². The van der Waals surface area contributed by atoms with Gasteiger partial charge in [0.05, 0.1) is 5.39 Å². The van der Waals surface area contributed by atoms with Gasteiger partial charge in [0.1, 0.15) is 5.82 Å². The minimum Gasteiger partial charge on any atom is -0.364 e. The maximum absolute atomic E-state index is 15.2. The van der Waals surface area contributed by atoms with E-state index >= 15 is 4.39 Å². The predicted molar refractivity (Wildman–Crippen MR) is 147 cm³/mol. The number of aromatic amines is 1. The number of pyridine rings is 1. The standard InChI is InChI=1S/C28H33FN8O3/c1-15-6-9-19(14-37(15)16(2)38)32-24-22-20(10-11-30-23(22)34-35-24)17-7-8-18(21(29)12-17)13-31-26(39)25-33-27(40-36-25)28(3,4)5/h7-8,10-12,15,19H,6,9,13-14H2,1-5H3,(H,31,39)(H2,30,32,34,35)/t15-,19+/m0/s1. The van der Waals surface area contributed by atoms with E-state index in [0.717, 1.165) is 23.8 Å². The third-order valence-corrected chi connectivity index (χ3v) is 7.16. The zero-order chi connectivity index (χ0) is 28.6. The first kappa shape index (κ1) is 27.2. The zero-order valence-corrected chi connectivity index (χ0v) is 23.2. The molecule has 12 heteroatoms. The molecule has 2 atom stereocenters. The van der Waals surface area contributed by atoms with Crippen molar-refractivity contribution in [1.29, 1.82) is 0 Å². The fourth-order valence-corrected chi connectivity index (χ4v) is 4.89. The Kier molecular flexibility index (Phi) is 7.26. The highest BCUT2D eigenvalue weighted by Gasteiger charge is 2.28. The number of hydrogen-bond acceptors (Lipinski definition) is 8. The van der Waals surface area contributed by atoms with Gasteiger partial charge in [0.15, 0.2) is 11.5 Å². The molecule has 1 fully saturated rings. The molecule has 210 valence electrons. The third-order valence-electron chi connectivity index (χ3n) is 7.16. The molecule has 4 aromatic rings. The summed E-state index contributed by atoms with van der Waals surface area (Å²) in [5.74, 6) is -0.116. The third kappa shape index (κ3) is 5.51. The van der Waals surface area contributed by atoms with Crippen LogP contribution >= 0.6 is 0 Å². The number of piperidine rings is 1. The number of carbonyl (C=O) groups excluding carboxylic acids is 2. The number of hydrogen-bond donors (Lipinski definition) is 3. The van der Waals surface area contributed by atoms with Crippen LogP contribution in [-0.2, 0) is 16.8 Å². The molecule has 0 aliphatic carbocycles. The summed E-state index contributed by atoms with van der Waals surface area (Å²) in [6.45, 7) is 9.88. The molecule has 0 saturated carbocycles. The Morgan fingerprint density at radius 1 is 1.23 bits per heavy atom. The lowest BCUT2D eigenvalue weighted by atomic mass is 9.97. The van der Waals surface area contributed by atoms with Crippen LogP contribution in [-0.4, -0.2) is 60.7 Å². The molecular formula is C28H33FN8O3. The van der Waals surface area contributed by atoms with Crippen molar-refractivity contribution >= 4 is 28.7 Å². The molecule has 3 aromatic heterocycles. The number of likely N-dealkylation sites (tertiary alicyclic amines) is 1. The van der Waals surface area contributed by atoms with E-state index in [1.54, 1.807) is 25.3 Å². The van der Waals surface area contributed by atoms with Crippen LogP contribution in [0.2, 0.25) is 0 Å². The van der Waals surface area contributed by atoms with Gasteiger partial charge in [0.25, 0.3) is 11.7 Å². The van der Waals surface area contributed by atoms with Gasteiger partial charge in [0.2, 0.25) is 11.8 Å². The largest absolute Gasteiger partial charge is 0.364 e. The monoisotopic (exact) mass is 548 g/mol. The molecule has 4 heterocycles. The van der Waals surface area contributed by atoms with Crippen molar-refractivity contribution in [2.45, 2.75) is 71.5 Å². The highest BCUT2D eigenvalue weighted by molar-refractivity contribution is 6.00. The van der Waals surface area contributed by atoms with Gasteiger partial charge in [-0.15, -0.1) is 0 Å². The van der Waals surface area contributed by atoms with Crippen LogP contribution in [0.25, 0.3) is 22.2 Å². The summed E-state index contributed by atoms with van der Waals surface area (Å²) >= 11 is 0. The molecule has 0 spiro atoms. The predicted octanol–water partition coefficient (Wildman–Crippen LogP) is 4.19. The summed E-state index contributed by atoms with van der Waals surface area (Å²) in [7, 11) is 0. The van der Waals surface area contributed by atoms with Crippen molar-refractivity contribution in [1.82, 2.24) is 35.5 Å². The molecule has 40 heavy (non-hydrogen) atoms.